The van der Waals surface area contributed by atoms with Gasteiger partial charge in [-0.05, 0) is 72.6 Å². The molecule has 2 amide bonds. The summed E-state index contributed by atoms with van der Waals surface area (Å²) >= 11 is 0. The number of aromatic nitrogens is 2. The first-order valence-electron chi connectivity index (χ1n) is 18.3. The smallest absolute Gasteiger partial charge is 0.326 e. The Bertz CT molecular complexity index is 1720. The number of carbonyl (C=O) groups excluding carboxylic acids is 2. The molecule has 2 atom stereocenters. The third-order valence-electron chi connectivity index (χ3n) is 9.29. The normalized spacial score (nSPS) is 14.7. The topological polar surface area (TPSA) is 122 Å². The number of hydrogen-bond acceptors (Lipinski definition) is 6. The Morgan fingerprint density at radius 2 is 1.45 bits per heavy atom. The maximum absolute atomic E-state index is 13.8. The van der Waals surface area contributed by atoms with Gasteiger partial charge in [0.25, 0.3) is 5.91 Å². The lowest BCUT2D eigenvalue weighted by Gasteiger charge is -2.27. The Labute approximate surface area is 301 Å². The third kappa shape index (κ3) is 10.5. The van der Waals surface area contributed by atoms with Crippen molar-refractivity contribution < 1.29 is 24.2 Å². The van der Waals surface area contributed by atoms with E-state index in [9.17, 15) is 19.5 Å². The second-order valence-corrected chi connectivity index (χ2v) is 13.8. The van der Waals surface area contributed by atoms with Crippen molar-refractivity contribution in [1.29, 1.82) is 0 Å². The van der Waals surface area contributed by atoms with E-state index in [1.54, 1.807) is 24.5 Å². The number of carboxylic acids is 1. The van der Waals surface area contributed by atoms with Crippen molar-refractivity contribution in [3.05, 3.63) is 102 Å². The highest BCUT2D eigenvalue weighted by Gasteiger charge is 2.37. The van der Waals surface area contributed by atoms with Gasteiger partial charge in [-0.25, -0.2) is 14.8 Å². The summed E-state index contributed by atoms with van der Waals surface area (Å²) in [4.78, 5) is 49.6. The fourth-order valence-electron chi connectivity index (χ4n) is 6.48. The van der Waals surface area contributed by atoms with Gasteiger partial charge in [-0.15, -0.1) is 0 Å². The lowest BCUT2D eigenvalue weighted by molar-refractivity contribution is -0.148. The van der Waals surface area contributed by atoms with Crippen LogP contribution in [-0.4, -0.2) is 63.0 Å². The molecule has 51 heavy (non-hydrogen) atoms. The molecule has 9 heteroatoms. The van der Waals surface area contributed by atoms with Crippen molar-refractivity contribution >= 4 is 17.8 Å². The Hall–Kier alpha value is -5.05. The first-order valence-corrected chi connectivity index (χ1v) is 18.3. The summed E-state index contributed by atoms with van der Waals surface area (Å²) in [5, 5.41) is 12.7. The van der Waals surface area contributed by atoms with E-state index in [1.807, 2.05) is 60.7 Å². The quantitative estimate of drug-likeness (QED) is 0.109. The zero-order valence-corrected chi connectivity index (χ0v) is 30.0. The second-order valence-electron chi connectivity index (χ2n) is 13.8. The van der Waals surface area contributed by atoms with Crippen molar-refractivity contribution in [3.8, 4) is 28.3 Å². The molecule has 1 aliphatic heterocycles. The van der Waals surface area contributed by atoms with Gasteiger partial charge in [0.05, 0.1) is 6.61 Å². The van der Waals surface area contributed by atoms with Gasteiger partial charge in [0, 0.05) is 42.0 Å². The summed E-state index contributed by atoms with van der Waals surface area (Å²) in [5.74, 6) is 0.113. The van der Waals surface area contributed by atoms with Crippen LogP contribution in [-0.2, 0) is 22.4 Å². The molecule has 2 heterocycles. The molecule has 2 N–H and O–H groups in total. The third-order valence-corrected chi connectivity index (χ3v) is 9.29. The number of ether oxygens (including phenoxy) is 1. The molecule has 1 aromatic heterocycles. The molecule has 1 saturated heterocycles. The van der Waals surface area contributed by atoms with Crippen molar-refractivity contribution in [2.75, 3.05) is 13.2 Å². The fraction of sp³-hybridized carbons (Fsp3) is 0.405. The number of unbranched alkanes of at least 4 members (excludes halogenated alkanes) is 4. The van der Waals surface area contributed by atoms with Crippen molar-refractivity contribution in [3.63, 3.8) is 0 Å². The average Bonchev–Trinajstić information content (AvgIpc) is 3.64. The van der Waals surface area contributed by atoms with Crippen LogP contribution in [0.3, 0.4) is 0 Å². The number of likely N-dealkylation sites (tertiary alicyclic amines) is 1. The van der Waals surface area contributed by atoms with Crippen LogP contribution in [0.1, 0.15) is 87.2 Å². The van der Waals surface area contributed by atoms with Crippen LogP contribution < -0.4 is 10.1 Å². The predicted molar refractivity (Wildman–Crippen MR) is 199 cm³/mol. The van der Waals surface area contributed by atoms with Gasteiger partial charge in [0.15, 0.2) is 5.82 Å². The van der Waals surface area contributed by atoms with Gasteiger partial charge in [-0.2, -0.15) is 0 Å². The van der Waals surface area contributed by atoms with Gasteiger partial charge in [0.1, 0.15) is 17.8 Å². The maximum Gasteiger partial charge on any atom is 0.326 e. The highest BCUT2D eigenvalue weighted by molar-refractivity contribution is 5.98. The zero-order valence-electron chi connectivity index (χ0n) is 30.0. The molecule has 0 radical (unpaired) electrons. The summed E-state index contributed by atoms with van der Waals surface area (Å²) in [5.41, 5.74) is 5.11. The van der Waals surface area contributed by atoms with Crippen molar-refractivity contribution in [1.82, 2.24) is 20.2 Å². The van der Waals surface area contributed by atoms with E-state index in [2.05, 4.69) is 36.1 Å². The molecule has 0 bridgehead atoms. The Morgan fingerprint density at radius 3 is 2.10 bits per heavy atom. The number of nitrogens with zero attached hydrogens (tertiary/aromatic N) is 3. The van der Waals surface area contributed by atoms with E-state index >= 15 is 0 Å². The van der Waals surface area contributed by atoms with Crippen LogP contribution in [0, 0.1) is 5.92 Å². The molecular weight excluding hydrogens is 640 g/mol. The zero-order chi connectivity index (χ0) is 36.2. The maximum atomic E-state index is 13.8. The molecule has 5 rings (SSSR count). The lowest BCUT2D eigenvalue weighted by Crippen LogP contribution is -2.52. The number of nitrogens with one attached hydrogen (secondary N) is 1. The van der Waals surface area contributed by atoms with E-state index in [-0.39, 0.29) is 12.3 Å². The standard InChI is InChI=1S/C42H50N4O5/c1-4-5-6-7-8-24-51-36-21-19-32(20-22-36)35-27-43-39(44-28-35)33-15-11-31(12-16-33)26-37(41(48)46-23-9-10-38(46)42(49)50)45-40(47)34-17-13-30(14-18-34)25-29(2)3/h11-22,27-29,37-38H,4-10,23-26H2,1-3H3,(H,45,47)(H,49,50)/t37-,38-/m0/s1. The molecule has 4 aromatic rings. The molecule has 9 nitrogen and oxygen atoms in total. The number of rotatable bonds is 17. The number of amides is 2. The van der Waals surface area contributed by atoms with E-state index in [1.165, 1.54) is 30.6 Å². The molecule has 1 aliphatic rings. The highest BCUT2D eigenvalue weighted by Crippen LogP contribution is 2.25. The van der Waals surface area contributed by atoms with Crippen LogP contribution in [0.2, 0.25) is 0 Å². The predicted octanol–water partition coefficient (Wildman–Crippen LogP) is 7.78. The molecule has 1 fully saturated rings. The number of aliphatic carboxylic acids is 1. The summed E-state index contributed by atoms with van der Waals surface area (Å²) < 4.78 is 5.90. The van der Waals surface area contributed by atoms with E-state index < -0.39 is 24.0 Å². The minimum atomic E-state index is -1.03. The van der Waals surface area contributed by atoms with Crippen LogP contribution in [0.4, 0.5) is 0 Å². The number of hydrogen-bond donors (Lipinski definition) is 2. The Balaban J connectivity index is 1.24. The minimum absolute atomic E-state index is 0.206. The largest absolute Gasteiger partial charge is 0.494 e. The number of carbonyl (C=O) groups is 3. The second kappa shape index (κ2) is 18.3. The van der Waals surface area contributed by atoms with Crippen LogP contribution in [0.5, 0.6) is 5.75 Å². The molecule has 0 aliphatic carbocycles. The lowest BCUT2D eigenvalue weighted by atomic mass is 10.0. The Kier molecular flexibility index (Phi) is 13.3. The number of carboxylic acid groups (broad SMARTS) is 1. The van der Waals surface area contributed by atoms with Crippen LogP contribution in [0.15, 0.2) is 85.2 Å². The van der Waals surface area contributed by atoms with Crippen molar-refractivity contribution in [2.24, 2.45) is 5.92 Å². The molecule has 268 valence electrons. The minimum Gasteiger partial charge on any atom is -0.494 e. The van der Waals surface area contributed by atoms with Gasteiger partial charge in [-0.3, -0.25) is 9.59 Å². The van der Waals surface area contributed by atoms with Gasteiger partial charge >= 0.3 is 5.97 Å². The summed E-state index contributed by atoms with van der Waals surface area (Å²) in [6.07, 6.45) is 11.7. The monoisotopic (exact) mass is 690 g/mol. The van der Waals surface area contributed by atoms with E-state index in [4.69, 9.17) is 4.74 Å². The molecule has 0 unspecified atom stereocenters. The van der Waals surface area contributed by atoms with Gasteiger partial charge in [0.2, 0.25) is 5.91 Å². The molecule has 3 aromatic carbocycles. The first-order chi connectivity index (χ1) is 24.7. The fourth-order valence-corrected chi connectivity index (χ4v) is 6.48. The van der Waals surface area contributed by atoms with Crippen LogP contribution >= 0.6 is 0 Å². The Morgan fingerprint density at radius 1 is 0.824 bits per heavy atom. The first kappa shape index (κ1) is 37.2. The molecular formula is C42H50N4O5. The highest BCUT2D eigenvalue weighted by atomic mass is 16.5. The van der Waals surface area contributed by atoms with E-state index in [0.717, 1.165) is 53.0 Å². The van der Waals surface area contributed by atoms with Crippen molar-refractivity contribution in [2.45, 2.75) is 90.6 Å². The summed E-state index contributed by atoms with van der Waals surface area (Å²) in [6.45, 7) is 7.57. The average molecular weight is 691 g/mol. The van der Waals surface area contributed by atoms with Gasteiger partial charge in [-0.1, -0.05) is 95.0 Å². The summed E-state index contributed by atoms with van der Waals surface area (Å²) in [6, 6.07) is 21.1. The SMILES string of the molecule is CCCCCCCOc1ccc(-c2cnc(-c3ccc(C[C@H](NC(=O)c4ccc(CC(C)C)cc4)C(=O)N4CCC[C@H]4C(=O)O)cc3)nc2)cc1. The number of benzene rings is 3. The van der Waals surface area contributed by atoms with Gasteiger partial charge < -0.3 is 20.1 Å². The molecule has 0 spiro atoms. The van der Waals surface area contributed by atoms with E-state index in [0.29, 0.717) is 36.7 Å². The summed E-state index contributed by atoms with van der Waals surface area (Å²) in [7, 11) is 0. The van der Waals surface area contributed by atoms with Crippen LogP contribution in [0.25, 0.3) is 22.5 Å². The molecule has 0 saturated carbocycles.